The molecule has 4 nitrogen and oxygen atoms in total. The fraction of sp³-hybridized carbons (Fsp3) is 0. The van der Waals surface area contributed by atoms with Crippen LogP contribution in [0.3, 0.4) is 0 Å². The molecule has 0 aliphatic rings. The lowest BCUT2D eigenvalue weighted by Gasteiger charge is -2.12. The Bertz CT molecular complexity index is 1280. The lowest BCUT2D eigenvalue weighted by molar-refractivity contribution is 0.986. The SMILES string of the molecule is Brc1ccccc1Nc1nc2ccccc2n2c(Sc3ccccc3)ncc12. The third kappa shape index (κ3) is 3.15. The van der Waals surface area contributed by atoms with E-state index >= 15 is 0 Å². The predicted molar refractivity (Wildman–Crippen MR) is 118 cm³/mol. The predicted octanol–water partition coefficient (Wildman–Crippen LogP) is 6.54. The van der Waals surface area contributed by atoms with Gasteiger partial charge < -0.3 is 5.32 Å². The van der Waals surface area contributed by atoms with Crippen molar-refractivity contribution in [1.29, 1.82) is 0 Å². The summed E-state index contributed by atoms with van der Waals surface area (Å²) in [4.78, 5) is 10.7. The number of hydrogen-bond donors (Lipinski definition) is 1. The Morgan fingerprint density at radius 2 is 1.57 bits per heavy atom. The summed E-state index contributed by atoms with van der Waals surface area (Å²) in [6.07, 6.45) is 1.88. The standard InChI is InChI=1S/C22H15BrN4S/c23-16-10-4-5-11-17(16)25-21-20-14-24-22(28-15-8-2-1-3-9-15)27(20)19-13-7-6-12-18(19)26-21/h1-14H,(H,25,26). The minimum absolute atomic E-state index is 0.776. The van der Waals surface area contributed by atoms with Gasteiger partial charge in [0.25, 0.3) is 0 Å². The first kappa shape index (κ1) is 17.3. The largest absolute Gasteiger partial charge is 0.337 e. The number of nitrogens with one attached hydrogen (secondary N) is 1. The summed E-state index contributed by atoms with van der Waals surface area (Å²) in [6, 6.07) is 26.4. The fourth-order valence-electron chi connectivity index (χ4n) is 3.11. The van der Waals surface area contributed by atoms with Gasteiger partial charge in [-0.1, -0.05) is 54.2 Å². The first-order valence-electron chi connectivity index (χ1n) is 8.80. The molecule has 6 heteroatoms. The molecule has 0 fully saturated rings. The van der Waals surface area contributed by atoms with Gasteiger partial charge in [-0.2, -0.15) is 0 Å². The van der Waals surface area contributed by atoms with Crippen LogP contribution in [-0.4, -0.2) is 14.4 Å². The van der Waals surface area contributed by atoms with E-state index in [1.807, 2.05) is 66.9 Å². The van der Waals surface area contributed by atoms with Crippen LogP contribution in [-0.2, 0) is 0 Å². The van der Waals surface area contributed by atoms with Gasteiger partial charge in [0, 0.05) is 9.37 Å². The molecule has 0 atom stereocenters. The zero-order valence-corrected chi connectivity index (χ0v) is 17.1. The van der Waals surface area contributed by atoms with Crippen molar-refractivity contribution in [3.63, 3.8) is 0 Å². The smallest absolute Gasteiger partial charge is 0.178 e. The summed E-state index contributed by atoms with van der Waals surface area (Å²) in [5.41, 5.74) is 3.85. The molecule has 0 unspecified atom stereocenters. The lowest BCUT2D eigenvalue weighted by atomic mass is 10.3. The Labute approximate surface area is 174 Å². The minimum atomic E-state index is 0.776. The molecular weight excluding hydrogens is 432 g/mol. The fourth-order valence-corrected chi connectivity index (χ4v) is 4.39. The number of hydrogen-bond acceptors (Lipinski definition) is 4. The van der Waals surface area contributed by atoms with Crippen molar-refractivity contribution in [2.45, 2.75) is 10.1 Å². The summed E-state index contributed by atoms with van der Waals surface area (Å²) in [5.74, 6) is 0.776. The summed E-state index contributed by atoms with van der Waals surface area (Å²) in [7, 11) is 0. The van der Waals surface area contributed by atoms with E-state index in [4.69, 9.17) is 9.97 Å². The zero-order valence-electron chi connectivity index (χ0n) is 14.7. The monoisotopic (exact) mass is 446 g/mol. The van der Waals surface area contributed by atoms with Crippen LogP contribution in [0.15, 0.2) is 99.6 Å². The third-order valence-electron chi connectivity index (χ3n) is 4.41. The van der Waals surface area contributed by atoms with Crippen molar-refractivity contribution in [2.75, 3.05) is 5.32 Å². The van der Waals surface area contributed by atoms with Gasteiger partial charge in [0.2, 0.25) is 0 Å². The average molecular weight is 447 g/mol. The van der Waals surface area contributed by atoms with Crippen molar-refractivity contribution in [2.24, 2.45) is 0 Å². The number of para-hydroxylation sites is 3. The van der Waals surface area contributed by atoms with Gasteiger partial charge in [0.15, 0.2) is 11.0 Å². The quantitative estimate of drug-likeness (QED) is 0.340. The van der Waals surface area contributed by atoms with Crippen molar-refractivity contribution >= 4 is 55.7 Å². The maximum atomic E-state index is 4.86. The number of benzene rings is 3. The Balaban J connectivity index is 1.70. The van der Waals surface area contributed by atoms with Crippen LogP contribution in [0, 0.1) is 0 Å². The van der Waals surface area contributed by atoms with E-state index < -0.39 is 0 Å². The second-order valence-corrected chi connectivity index (χ2v) is 8.13. The summed E-state index contributed by atoms with van der Waals surface area (Å²) in [5, 5.41) is 4.37. The van der Waals surface area contributed by atoms with Crippen LogP contribution in [0.1, 0.15) is 0 Å². The van der Waals surface area contributed by atoms with Gasteiger partial charge in [0.05, 0.1) is 22.9 Å². The second-order valence-electron chi connectivity index (χ2n) is 6.23. The first-order valence-corrected chi connectivity index (χ1v) is 10.4. The topological polar surface area (TPSA) is 42.2 Å². The Morgan fingerprint density at radius 3 is 2.43 bits per heavy atom. The van der Waals surface area contributed by atoms with E-state index in [2.05, 4.69) is 43.8 Å². The van der Waals surface area contributed by atoms with Crippen LogP contribution < -0.4 is 5.32 Å². The molecule has 0 aliphatic carbocycles. The van der Waals surface area contributed by atoms with E-state index in [9.17, 15) is 0 Å². The van der Waals surface area contributed by atoms with Crippen LogP contribution in [0.4, 0.5) is 11.5 Å². The van der Waals surface area contributed by atoms with Gasteiger partial charge in [-0.25, -0.2) is 9.97 Å². The van der Waals surface area contributed by atoms with E-state index in [0.717, 1.165) is 42.6 Å². The molecule has 2 aromatic heterocycles. The molecule has 0 spiro atoms. The lowest BCUT2D eigenvalue weighted by Crippen LogP contribution is -2.00. The van der Waals surface area contributed by atoms with Crippen LogP contribution >= 0.6 is 27.7 Å². The maximum absolute atomic E-state index is 4.86. The molecule has 136 valence electrons. The number of nitrogens with zero attached hydrogens (tertiary/aromatic N) is 3. The van der Waals surface area contributed by atoms with Crippen LogP contribution in [0.5, 0.6) is 0 Å². The Hall–Kier alpha value is -2.83. The zero-order chi connectivity index (χ0) is 18.9. The molecule has 2 heterocycles. The van der Waals surface area contributed by atoms with Crippen molar-refractivity contribution in [3.05, 3.63) is 89.5 Å². The van der Waals surface area contributed by atoms with Gasteiger partial charge in [-0.3, -0.25) is 4.40 Å². The number of imidazole rings is 1. The molecular formula is C22H15BrN4S. The van der Waals surface area contributed by atoms with E-state index in [-0.39, 0.29) is 0 Å². The molecule has 0 saturated heterocycles. The normalized spacial score (nSPS) is 11.2. The van der Waals surface area contributed by atoms with Gasteiger partial charge in [-0.05, 0) is 52.3 Å². The highest BCUT2D eigenvalue weighted by atomic mass is 79.9. The molecule has 5 rings (SSSR count). The van der Waals surface area contributed by atoms with Gasteiger partial charge in [0.1, 0.15) is 5.52 Å². The summed E-state index contributed by atoms with van der Waals surface area (Å²) < 4.78 is 3.15. The molecule has 3 aromatic carbocycles. The highest BCUT2D eigenvalue weighted by Crippen LogP contribution is 2.33. The summed E-state index contributed by atoms with van der Waals surface area (Å²) in [6.45, 7) is 0. The van der Waals surface area contributed by atoms with Crippen molar-refractivity contribution < 1.29 is 0 Å². The number of rotatable bonds is 4. The minimum Gasteiger partial charge on any atom is -0.337 e. The van der Waals surface area contributed by atoms with E-state index in [0.29, 0.717) is 0 Å². The molecule has 0 saturated carbocycles. The Morgan fingerprint density at radius 1 is 0.821 bits per heavy atom. The van der Waals surface area contributed by atoms with Crippen LogP contribution in [0.2, 0.25) is 0 Å². The third-order valence-corrected chi connectivity index (χ3v) is 6.08. The Kier molecular flexibility index (Phi) is 4.50. The van der Waals surface area contributed by atoms with E-state index in [1.54, 1.807) is 11.8 Å². The molecule has 0 radical (unpaired) electrons. The molecule has 0 aliphatic heterocycles. The van der Waals surface area contributed by atoms with Crippen molar-refractivity contribution in [3.8, 4) is 0 Å². The maximum Gasteiger partial charge on any atom is 0.178 e. The molecule has 28 heavy (non-hydrogen) atoms. The van der Waals surface area contributed by atoms with Gasteiger partial charge >= 0.3 is 0 Å². The molecule has 1 N–H and O–H groups in total. The number of fused-ring (bicyclic) bond motifs is 3. The van der Waals surface area contributed by atoms with E-state index in [1.165, 1.54) is 0 Å². The van der Waals surface area contributed by atoms with Crippen LogP contribution in [0.25, 0.3) is 16.6 Å². The van der Waals surface area contributed by atoms with Crippen molar-refractivity contribution in [1.82, 2.24) is 14.4 Å². The molecule has 0 amide bonds. The second kappa shape index (κ2) is 7.30. The number of aromatic nitrogens is 3. The molecule has 5 aromatic rings. The highest BCUT2D eigenvalue weighted by Gasteiger charge is 2.15. The average Bonchev–Trinajstić information content (AvgIpc) is 3.15. The van der Waals surface area contributed by atoms with Gasteiger partial charge in [-0.15, -0.1) is 0 Å². The first-order chi connectivity index (χ1) is 13.8. The summed E-state index contributed by atoms with van der Waals surface area (Å²) >= 11 is 5.24. The highest BCUT2D eigenvalue weighted by molar-refractivity contribution is 9.10. The molecule has 0 bridgehead atoms. The number of anilines is 2. The number of halogens is 1.